The molecule has 0 aliphatic carbocycles. The molecule has 0 radical (unpaired) electrons. The first-order valence-corrected chi connectivity index (χ1v) is 5.79. The van der Waals surface area contributed by atoms with Crippen LogP contribution in [-0.2, 0) is 0 Å². The number of hydrogen-bond acceptors (Lipinski definition) is 1. The van der Waals surface area contributed by atoms with Crippen molar-refractivity contribution in [3.63, 3.8) is 0 Å². The summed E-state index contributed by atoms with van der Waals surface area (Å²) >= 11 is 0. The third-order valence-corrected chi connectivity index (χ3v) is 2.89. The third kappa shape index (κ3) is 6.09. The Morgan fingerprint density at radius 1 is 1.15 bits per heavy atom. The van der Waals surface area contributed by atoms with E-state index in [1.807, 2.05) is 0 Å². The minimum Gasteiger partial charge on any atom is -0.393 e. The topological polar surface area (TPSA) is 20.2 Å². The summed E-state index contributed by atoms with van der Waals surface area (Å²) in [5, 5.41) is 9.73. The summed E-state index contributed by atoms with van der Waals surface area (Å²) in [7, 11) is 0. The number of unbranched alkanes of at least 4 members (excludes halogenated alkanes) is 1. The van der Waals surface area contributed by atoms with Gasteiger partial charge >= 0.3 is 0 Å². The molecule has 0 aromatic heterocycles. The first-order valence-electron chi connectivity index (χ1n) is 5.79. The lowest BCUT2D eigenvalue weighted by molar-refractivity contribution is 0.0939. The van der Waals surface area contributed by atoms with Crippen LogP contribution >= 0.6 is 0 Å². The monoisotopic (exact) mass is 186 g/mol. The van der Waals surface area contributed by atoms with Gasteiger partial charge in [0.2, 0.25) is 0 Å². The highest BCUT2D eigenvalue weighted by Crippen LogP contribution is 2.21. The molecule has 0 fully saturated rings. The van der Waals surface area contributed by atoms with Crippen LogP contribution in [0.3, 0.4) is 0 Å². The summed E-state index contributed by atoms with van der Waals surface area (Å²) in [6.07, 6.45) is 5.98. The van der Waals surface area contributed by atoms with Gasteiger partial charge in [-0.1, -0.05) is 53.4 Å². The van der Waals surface area contributed by atoms with Gasteiger partial charge in [0.25, 0.3) is 0 Å². The second kappa shape index (κ2) is 7.37. The summed E-state index contributed by atoms with van der Waals surface area (Å²) < 4.78 is 0. The van der Waals surface area contributed by atoms with E-state index >= 15 is 0 Å². The molecule has 0 aromatic carbocycles. The second-order valence-electron chi connectivity index (χ2n) is 4.46. The zero-order valence-electron chi connectivity index (χ0n) is 9.71. The predicted molar refractivity (Wildman–Crippen MR) is 58.8 cm³/mol. The number of rotatable bonds is 7. The normalized spacial score (nSPS) is 16.2. The Balaban J connectivity index is 3.69. The first kappa shape index (κ1) is 13.0. The summed E-state index contributed by atoms with van der Waals surface area (Å²) in [6.45, 7) is 8.65. The molecule has 1 N–H and O–H groups in total. The molecule has 0 saturated carbocycles. The second-order valence-corrected chi connectivity index (χ2v) is 4.46. The Bertz CT molecular complexity index is 110. The number of hydrogen-bond donors (Lipinski definition) is 1. The average Bonchev–Trinajstić information content (AvgIpc) is 2.11. The van der Waals surface area contributed by atoms with Gasteiger partial charge in [0, 0.05) is 0 Å². The van der Waals surface area contributed by atoms with Crippen LogP contribution in [0.25, 0.3) is 0 Å². The average molecular weight is 186 g/mol. The van der Waals surface area contributed by atoms with Crippen LogP contribution in [0.4, 0.5) is 0 Å². The molecule has 0 aliphatic rings. The molecule has 2 unspecified atom stereocenters. The van der Waals surface area contributed by atoms with Gasteiger partial charge < -0.3 is 5.11 Å². The first-order chi connectivity index (χ1) is 6.11. The fourth-order valence-corrected chi connectivity index (χ4v) is 1.60. The van der Waals surface area contributed by atoms with Gasteiger partial charge in [-0.2, -0.15) is 0 Å². The van der Waals surface area contributed by atoms with Crippen LogP contribution in [0.5, 0.6) is 0 Å². The molecule has 1 nitrogen and oxygen atoms in total. The highest BCUT2D eigenvalue weighted by molar-refractivity contribution is 4.66. The van der Waals surface area contributed by atoms with Crippen LogP contribution in [0, 0.1) is 11.8 Å². The van der Waals surface area contributed by atoms with Gasteiger partial charge in [-0.05, 0) is 18.3 Å². The van der Waals surface area contributed by atoms with Crippen LogP contribution in [0.15, 0.2) is 0 Å². The van der Waals surface area contributed by atoms with E-state index in [4.69, 9.17) is 0 Å². The molecule has 13 heavy (non-hydrogen) atoms. The smallest absolute Gasteiger partial charge is 0.0565 e. The SMILES string of the molecule is CCCCC(CC)CC(O)C(C)C. The summed E-state index contributed by atoms with van der Waals surface area (Å²) in [6, 6.07) is 0. The van der Waals surface area contributed by atoms with Gasteiger partial charge in [0.1, 0.15) is 0 Å². The van der Waals surface area contributed by atoms with E-state index in [9.17, 15) is 5.11 Å². The van der Waals surface area contributed by atoms with Gasteiger partial charge in [-0.25, -0.2) is 0 Å². The van der Waals surface area contributed by atoms with E-state index in [1.165, 1.54) is 25.7 Å². The molecule has 0 aromatic rings. The van der Waals surface area contributed by atoms with Crippen LogP contribution in [0.2, 0.25) is 0 Å². The third-order valence-electron chi connectivity index (χ3n) is 2.89. The summed E-state index contributed by atoms with van der Waals surface area (Å²) in [5.41, 5.74) is 0. The van der Waals surface area contributed by atoms with Crippen LogP contribution in [-0.4, -0.2) is 11.2 Å². The van der Waals surface area contributed by atoms with E-state index in [0.717, 1.165) is 12.3 Å². The Morgan fingerprint density at radius 2 is 1.77 bits per heavy atom. The molecule has 0 bridgehead atoms. The molecule has 0 amide bonds. The molecule has 80 valence electrons. The molecule has 1 heteroatoms. The van der Waals surface area contributed by atoms with E-state index in [-0.39, 0.29) is 6.10 Å². The lowest BCUT2D eigenvalue weighted by Gasteiger charge is -2.21. The summed E-state index contributed by atoms with van der Waals surface area (Å²) in [4.78, 5) is 0. The minimum atomic E-state index is -0.0955. The lowest BCUT2D eigenvalue weighted by atomic mass is 9.89. The molecular formula is C12H26O. The van der Waals surface area contributed by atoms with Gasteiger partial charge in [0.05, 0.1) is 6.10 Å². The Hall–Kier alpha value is -0.0400. The molecule has 0 spiro atoms. The number of aliphatic hydroxyl groups is 1. The Kier molecular flexibility index (Phi) is 7.35. The van der Waals surface area contributed by atoms with Crippen LogP contribution in [0.1, 0.15) is 59.8 Å². The predicted octanol–water partition coefficient (Wildman–Crippen LogP) is 3.61. The summed E-state index contributed by atoms with van der Waals surface area (Å²) in [5.74, 6) is 1.15. The maximum absolute atomic E-state index is 9.73. The van der Waals surface area contributed by atoms with Crippen molar-refractivity contribution in [1.82, 2.24) is 0 Å². The maximum Gasteiger partial charge on any atom is 0.0565 e. The minimum absolute atomic E-state index is 0.0955. The van der Waals surface area contributed by atoms with E-state index < -0.39 is 0 Å². The van der Waals surface area contributed by atoms with Crippen molar-refractivity contribution in [3.05, 3.63) is 0 Å². The van der Waals surface area contributed by atoms with Gasteiger partial charge in [0.15, 0.2) is 0 Å². The van der Waals surface area contributed by atoms with Crippen molar-refractivity contribution >= 4 is 0 Å². The fraction of sp³-hybridized carbons (Fsp3) is 1.00. The zero-order chi connectivity index (χ0) is 10.3. The Morgan fingerprint density at radius 3 is 2.15 bits per heavy atom. The Labute approximate surface area is 83.5 Å². The van der Waals surface area contributed by atoms with Crippen LogP contribution < -0.4 is 0 Å². The maximum atomic E-state index is 9.73. The molecule has 0 aliphatic heterocycles. The quantitative estimate of drug-likeness (QED) is 0.644. The molecule has 0 rings (SSSR count). The highest BCUT2D eigenvalue weighted by Gasteiger charge is 2.15. The van der Waals surface area contributed by atoms with Gasteiger partial charge in [-0.3, -0.25) is 0 Å². The van der Waals surface area contributed by atoms with Crippen molar-refractivity contribution < 1.29 is 5.11 Å². The van der Waals surface area contributed by atoms with Crippen molar-refractivity contribution in [1.29, 1.82) is 0 Å². The van der Waals surface area contributed by atoms with E-state index in [0.29, 0.717) is 5.92 Å². The molecule has 2 atom stereocenters. The fourth-order valence-electron chi connectivity index (χ4n) is 1.60. The number of aliphatic hydroxyl groups excluding tert-OH is 1. The molecule has 0 saturated heterocycles. The van der Waals surface area contributed by atoms with Crippen molar-refractivity contribution in [2.75, 3.05) is 0 Å². The van der Waals surface area contributed by atoms with Crippen molar-refractivity contribution in [2.24, 2.45) is 11.8 Å². The molecule has 0 heterocycles. The largest absolute Gasteiger partial charge is 0.393 e. The highest BCUT2D eigenvalue weighted by atomic mass is 16.3. The zero-order valence-corrected chi connectivity index (χ0v) is 9.71. The van der Waals surface area contributed by atoms with E-state index in [2.05, 4.69) is 27.7 Å². The lowest BCUT2D eigenvalue weighted by Crippen LogP contribution is -2.19. The standard InChI is InChI=1S/C12H26O/c1-5-7-8-11(6-2)9-12(13)10(3)4/h10-13H,5-9H2,1-4H3. The van der Waals surface area contributed by atoms with Crippen molar-refractivity contribution in [2.45, 2.75) is 65.9 Å². The van der Waals surface area contributed by atoms with E-state index in [1.54, 1.807) is 0 Å². The van der Waals surface area contributed by atoms with Crippen molar-refractivity contribution in [3.8, 4) is 0 Å². The van der Waals surface area contributed by atoms with Gasteiger partial charge in [-0.15, -0.1) is 0 Å². The molecular weight excluding hydrogens is 160 g/mol.